The molecule has 2 heterocycles. The van der Waals surface area contributed by atoms with Crippen LogP contribution in [0.5, 0.6) is 0 Å². The van der Waals surface area contributed by atoms with Crippen LogP contribution in [0.2, 0.25) is 0 Å². The van der Waals surface area contributed by atoms with Gasteiger partial charge in [0.1, 0.15) is 0 Å². The summed E-state index contributed by atoms with van der Waals surface area (Å²) in [5.74, 6) is 0.325. The second-order valence-corrected chi connectivity index (χ2v) is 6.64. The predicted octanol–water partition coefficient (Wildman–Crippen LogP) is 1.79. The van der Waals surface area contributed by atoms with E-state index in [0.29, 0.717) is 19.6 Å². The van der Waals surface area contributed by atoms with Gasteiger partial charge in [-0.25, -0.2) is 0 Å². The Hall–Kier alpha value is -1.88. The fraction of sp³-hybridized carbons (Fsp3) is 0.556. The highest BCUT2D eigenvalue weighted by Crippen LogP contribution is 2.41. The molecule has 0 unspecified atom stereocenters. The molecule has 3 rings (SSSR count). The number of piperidine rings is 1. The standard InChI is InChI=1S/C18H24N2O3/c1-23-12-11-20-14-18(13-16(20)21)7-9-19(10-8-18)17(22)15-5-3-2-4-6-15/h2-6H,7-14H2,1H3. The molecule has 1 aromatic rings. The summed E-state index contributed by atoms with van der Waals surface area (Å²) in [7, 11) is 1.66. The zero-order chi connectivity index (χ0) is 16.3. The smallest absolute Gasteiger partial charge is 0.253 e. The summed E-state index contributed by atoms with van der Waals surface area (Å²) < 4.78 is 5.08. The number of benzene rings is 1. The molecule has 0 atom stereocenters. The predicted molar refractivity (Wildman–Crippen MR) is 87.1 cm³/mol. The number of carbonyl (C=O) groups is 2. The van der Waals surface area contributed by atoms with E-state index in [1.54, 1.807) is 7.11 Å². The number of likely N-dealkylation sites (tertiary alicyclic amines) is 2. The molecule has 5 nitrogen and oxygen atoms in total. The third kappa shape index (κ3) is 3.39. The average molecular weight is 316 g/mol. The van der Waals surface area contributed by atoms with Crippen LogP contribution in [0.3, 0.4) is 0 Å². The lowest BCUT2D eigenvalue weighted by molar-refractivity contribution is -0.128. The molecule has 5 heteroatoms. The van der Waals surface area contributed by atoms with Gasteiger partial charge in [-0.3, -0.25) is 9.59 Å². The Morgan fingerprint density at radius 2 is 1.91 bits per heavy atom. The summed E-state index contributed by atoms with van der Waals surface area (Å²) in [5.41, 5.74) is 0.797. The van der Waals surface area contributed by atoms with E-state index in [1.165, 1.54) is 0 Å². The average Bonchev–Trinajstić information content (AvgIpc) is 2.89. The van der Waals surface area contributed by atoms with Crippen LogP contribution < -0.4 is 0 Å². The van der Waals surface area contributed by atoms with E-state index in [0.717, 1.165) is 38.0 Å². The minimum atomic E-state index is 0.0539. The van der Waals surface area contributed by atoms with E-state index < -0.39 is 0 Å². The van der Waals surface area contributed by atoms with Crippen molar-refractivity contribution in [2.45, 2.75) is 19.3 Å². The number of methoxy groups -OCH3 is 1. The van der Waals surface area contributed by atoms with Crippen molar-refractivity contribution in [3.8, 4) is 0 Å². The molecule has 1 aromatic carbocycles. The molecule has 0 radical (unpaired) electrons. The van der Waals surface area contributed by atoms with Crippen molar-refractivity contribution >= 4 is 11.8 Å². The third-order valence-electron chi connectivity index (χ3n) is 5.10. The highest BCUT2D eigenvalue weighted by atomic mass is 16.5. The first-order valence-electron chi connectivity index (χ1n) is 8.25. The number of hydrogen-bond donors (Lipinski definition) is 0. The Bertz CT molecular complexity index is 565. The van der Waals surface area contributed by atoms with E-state index in [-0.39, 0.29) is 17.2 Å². The number of carbonyl (C=O) groups excluding carboxylic acids is 2. The first-order valence-corrected chi connectivity index (χ1v) is 8.25. The zero-order valence-corrected chi connectivity index (χ0v) is 13.7. The van der Waals surface area contributed by atoms with E-state index in [2.05, 4.69) is 0 Å². The van der Waals surface area contributed by atoms with Crippen molar-refractivity contribution in [1.82, 2.24) is 9.80 Å². The zero-order valence-electron chi connectivity index (χ0n) is 13.7. The fourth-order valence-corrected chi connectivity index (χ4v) is 3.67. The minimum absolute atomic E-state index is 0.0539. The van der Waals surface area contributed by atoms with Crippen LogP contribution in [0.25, 0.3) is 0 Å². The van der Waals surface area contributed by atoms with Crippen molar-refractivity contribution in [3.63, 3.8) is 0 Å². The molecule has 23 heavy (non-hydrogen) atoms. The van der Waals surface area contributed by atoms with Gasteiger partial charge in [-0.2, -0.15) is 0 Å². The fourth-order valence-electron chi connectivity index (χ4n) is 3.67. The molecule has 2 aliphatic rings. The molecule has 0 bridgehead atoms. The highest BCUT2D eigenvalue weighted by Gasteiger charge is 2.45. The van der Waals surface area contributed by atoms with Crippen LogP contribution in [0.15, 0.2) is 30.3 Å². The molecular weight excluding hydrogens is 292 g/mol. The minimum Gasteiger partial charge on any atom is -0.383 e. The molecule has 0 saturated carbocycles. The van der Waals surface area contributed by atoms with Gasteiger partial charge in [0, 0.05) is 50.7 Å². The Morgan fingerprint density at radius 1 is 1.22 bits per heavy atom. The summed E-state index contributed by atoms with van der Waals surface area (Å²) in [6, 6.07) is 9.42. The maximum atomic E-state index is 12.5. The van der Waals surface area contributed by atoms with Gasteiger partial charge in [-0.15, -0.1) is 0 Å². The van der Waals surface area contributed by atoms with Crippen LogP contribution in [-0.4, -0.2) is 61.5 Å². The van der Waals surface area contributed by atoms with Crippen LogP contribution in [0, 0.1) is 5.41 Å². The lowest BCUT2D eigenvalue weighted by atomic mass is 9.77. The molecular formula is C18H24N2O3. The van der Waals surface area contributed by atoms with E-state index in [4.69, 9.17) is 4.74 Å². The van der Waals surface area contributed by atoms with Crippen molar-refractivity contribution in [3.05, 3.63) is 35.9 Å². The van der Waals surface area contributed by atoms with Gasteiger partial charge in [0.15, 0.2) is 0 Å². The summed E-state index contributed by atoms with van der Waals surface area (Å²) in [6.07, 6.45) is 2.42. The van der Waals surface area contributed by atoms with Crippen LogP contribution >= 0.6 is 0 Å². The maximum Gasteiger partial charge on any atom is 0.253 e. The van der Waals surface area contributed by atoms with Gasteiger partial charge < -0.3 is 14.5 Å². The van der Waals surface area contributed by atoms with E-state index in [1.807, 2.05) is 40.1 Å². The van der Waals surface area contributed by atoms with Crippen molar-refractivity contribution in [2.24, 2.45) is 5.41 Å². The summed E-state index contributed by atoms with van der Waals surface area (Å²) in [6.45, 7) is 3.53. The Morgan fingerprint density at radius 3 is 2.57 bits per heavy atom. The number of nitrogens with zero attached hydrogens (tertiary/aromatic N) is 2. The quantitative estimate of drug-likeness (QED) is 0.851. The van der Waals surface area contributed by atoms with Gasteiger partial charge in [0.2, 0.25) is 5.91 Å². The molecule has 1 spiro atoms. The molecule has 124 valence electrons. The molecule has 2 fully saturated rings. The third-order valence-corrected chi connectivity index (χ3v) is 5.10. The number of hydrogen-bond acceptors (Lipinski definition) is 3. The molecule has 2 aliphatic heterocycles. The molecule has 0 aromatic heterocycles. The summed E-state index contributed by atoms with van der Waals surface area (Å²) >= 11 is 0. The normalized spacial score (nSPS) is 20.3. The highest BCUT2D eigenvalue weighted by molar-refractivity contribution is 5.94. The lowest BCUT2D eigenvalue weighted by Crippen LogP contribution is -2.44. The second kappa shape index (κ2) is 6.71. The largest absolute Gasteiger partial charge is 0.383 e. The van der Waals surface area contributed by atoms with Gasteiger partial charge in [0.25, 0.3) is 5.91 Å². The van der Waals surface area contributed by atoms with Gasteiger partial charge in [0.05, 0.1) is 6.61 Å². The van der Waals surface area contributed by atoms with E-state index in [9.17, 15) is 9.59 Å². The number of ether oxygens (including phenoxy) is 1. The van der Waals surface area contributed by atoms with Crippen LogP contribution in [0.1, 0.15) is 29.6 Å². The van der Waals surface area contributed by atoms with Gasteiger partial charge >= 0.3 is 0 Å². The molecule has 2 saturated heterocycles. The Labute approximate surface area is 137 Å². The SMILES string of the molecule is COCCN1CC2(CCN(C(=O)c3ccccc3)CC2)CC1=O. The number of rotatable bonds is 4. The maximum absolute atomic E-state index is 12.5. The second-order valence-electron chi connectivity index (χ2n) is 6.64. The monoisotopic (exact) mass is 316 g/mol. The van der Waals surface area contributed by atoms with Crippen molar-refractivity contribution < 1.29 is 14.3 Å². The summed E-state index contributed by atoms with van der Waals surface area (Å²) in [4.78, 5) is 28.5. The Kier molecular flexibility index (Phi) is 4.66. The first-order chi connectivity index (χ1) is 11.1. The summed E-state index contributed by atoms with van der Waals surface area (Å²) in [5, 5.41) is 0. The topological polar surface area (TPSA) is 49.9 Å². The molecule has 0 N–H and O–H groups in total. The van der Waals surface area contributed by atoms with Gasteiger partial charge in [-0.05, 0) is 25.0 Å². The molecule has 2 amide bonds. The van der Waals surface area contributed by atoms with Crippen molar-refractivity contribution in [1.29, 1.82) is 0 Å². The van der Waals surface area contributed by atoms with Crippen LogP contribution in [-0.2, 0) is 9.53 Å². The van der Waals surface area contributed by atoms with Crippen LogP contribution in [0.4, 0.5) is 0 Å². The van der Waals surface area contributed by atoms with Crippen molar-refractivity contribution in [2.75, 3.05) is 39.9 Å². The lowest BCUT2D eigenvalue weighted by Gasteiger charge is -2.38. The first kappa shape index (κ1) is 16.0. The van der Waals surface area contributed by atoms with Gasteiger partial charge in [-0.1, -0.05) is 18.2 Å². The van der Waals surface area contributed by atoms with E-state index >= 15 is 0 Å². The number of amides is 2. The Balaban J connectivity index is 1.58. The molecule has 0 aliphatic carbocycles.